The lowest BCUT2D eigenvalue weighted by Gasteiger charge is -2.26. The molecule has 4 N–H and O–H groups in total. The van der Waals surface area contributed by atoms with Crippen LogP contribution < -0.4 is 21.3 Å². The minimum absolute atomic E-state index is 0. The highest BCUT2D eigenvalue weighted by Crippen LogP contribution is 2.08. The number of hydrogen-bond acceptors (Lipinski definition) is 3. The van der Waals surface area contributed by atoms with Gasteiger partial charge in [-0.05, 0) is 38.9 Å². The first-order chi connectivity index (χ1) is 11.0. The number of benzene rings is 1. The van der Waals surface area contributed by atoms with Crippen molar-refractivity contribution in [2.45, 2.75) is 25.8 Å². The highest BCUT2D eigenvalue weighted by atomic mass is 35.5. The average Bonchev–Trinajstić information content (AvgIpc) is 2.54. The van der Waals surface area contributed by atoms with E-state index < -0.39 is 11.6 Å². The molecule has 2 rings (SSSR count). The van der Waals surface area contributed by atoms with Crippen molar-refractivity contribution in [1.82, 2.24) is 16.0 Å². The zero-order valence-corrected chi connectivity index (χ0v) is 14.8. The average molecular weight is 353 g/mol. The quantitative estimate of drug-likeness (QED) is 0.612. The van der Waals surface area contributed by atoms with Crippen LogP contribution in [-0.2, 0) is 4.79 Å². The number of hydrogen-bond donors (Lipinski definition) is 4. The van der Waals surface area contributed by atoms with Crippen LogP contribution in [0.4, 0.5) is 10.5 Å². The maximum absolute atomic E-state index is 12.3. The molecule has 0 saturated carbocycles. The standard InChI is InChI=1S/C17H24N4O2.ClH/c1-17(2,15(22)19-12-13-8-10-18-11-9-13)21-16(23)20-14-6-4-3-5-7-14;/h3-8,18H,9-12H2,1-2H3,(H,19,22)(H2,20,21,23);1H. The fourth-order valence-electron chi connectivity index (χ4n) is 2.27. The number of halogens is 1. The molecule has 3 amide bonds. The van der Waals surface area contributed by atoms with Crippen LogP contribution in [-0.4, -0.2) is 37.1 Å². The zero-order valence-electron chi connectivity index (χ0n) is 14.0. The second kappa shape index (κ2) is 9.30. The van der Waals surface area contributed by atoms with Crippen LogP contribution in [0.5, 0.6) is 0 Å². The summed E-state index contributed by atoms with van der Waals surface area (Å²) in [7, 11) is 0. The minimum Gasteiger partial charge on any atom is -0.350 e. The van der Waals surface area contributed by atoms with E-state index in [1.54, 1.807) is 26.0 Å². The summed E-state index contributed by atoms with van der Waals surface area (Å²) in [4.78, 5) is 24.3. The molecule has 24 heavy (non-hydrogen) atoms. The molecule has 0 unspecified atom stereocenters. The van der Waals surface area contributed by atoms with Gasteiger partial charge in [-0.3, -0.25) is 4.79 Å². The van der Waals surface area contributed by atoms with Gasteiger partial charge in [0.25, 0.3) is 0 Å². The van der Waals surface area contributed by atoms with Crippen LogP contribution in [0, 0.1) is 0 Å². The number of carbonyl (C=O) groups is 2. The van der Waals surface area contributed by atoms with Crippen LogP contribution in [0.3, 0.4) is 0 Å². The van der Waals surface area contributed by atoms with Gasteiger partial charge >= 0.3 is 6.03 Å². The highest BCUT2D eigenvalue weighted by Gasteiger charge is 2.29. The van der Waals surface area contributed by atoms with E-state index in [4.69, 9.17) is 0 Å². The number of rotatable bonds is 5. The van der Waals surface area contributed by atoms with Gasteiger partial charge in [-0.15, -0.1) is 12.4 Å². The van der Waals surface area contributed by atoms with E-state index >= 15 is 0 Å². The molecule has 1 aliphatic rings. The number of nitrogens with one attached hydrogen (secondary N) is 4. The van der Waals surface area contributed by atoms with Crippen LogP contribution in [0.15, 0.2) is 42.0 Å². The van der Waals surface area contributed by atoms with Gasteiger partial charge in [0.1, 0.15) is 5.54 Å². The van der Waals surface area contributed by atoms with Crippen molar-refractivity contribution in [1.29, 1.82) is 0 Å². The predicted molar refractivity (Wildman–Crippen MR) is 98.5 cm³/mol. The molecule has 132 valence electrons. The number of carbonyl (C=O) groups excluding carboxylic acids is 2. The van der Waals surface area contributed by atoms with E-state index in [2.05, 4.69) is 27.3 Å². The van der Waals surface area contributed by atoms with Crippen LogP contribution in [0.1, 0.15) is 20.3 Å². The second-order valence-electron chi connectivity index (χ2n) is 6.07. The van der Waals surface area contributed by atoms with E-state index in [9.17, 15) is 9.59 Å². The topological polar surface area (TPSA) is 82.3 Å². The summed E-state index contributed by atoms with van der Waals surface area (Å²) >= 11 is 0. The third-order valence-electron chi connectivity index (χ3n) is 3.66. The lowest BCUT2D eigenvalue weighted by molar-refractivity contribution is -0.125. The Labute approximate surface area is 148 Å². The van der Waals surface area contributed by atoms with Crippen molar-refractivity contribution >= 4 is 30.0 Å². The normalized spacial score (nSPS) is 14.0. The molecule has 0 fully saturated rings. The van der Waals surface area contributed by atoms with Gasteiger partial charge in [-0.2, -0.15) is 0 Å². The molecule has 0 saturated heterocycles. The third kappa shape index (κ3) is 6.22. The first-order valence-electron chi connectivity index (χ1n) is 7.78. The molecule has 0 aliphatic carbocycles. The Morgan fingerprint density at radius 3 is 2.54 bits per heavy atom. The van der Waals surface area contributed by atoms with Crippen LogP contribution in [0.2, 0.25) is 0 Å². The summed E-state index contributed by atoms with van der Waals surface area (Å²) in [6.07, 6.45) is 3.02. The Balaban J connectivity index is 0.00000288. The predicted octanol–water partition coefficient (Wildman–Crippen LogP) is 2.04. The van der Waals surface area contributed by atoms with Crippen LogP contribution >= 0.6 is 12.4 Å². The Morgan fingerprint density at radius 2 is 1.92 bits per heavy atom. The van der Waals surface area contributed by atoms with Gasteiger partial charge in [0.2, 0.25) is 5.91 Å². The van der Waals surface area contributed by atoms with Gasteiger partial charge in [0, 0.05) is 18.8 Å². The second-order valence-corrected chi connectivity index (χ2v) is 6.07. The van der Waals surface area contributed by atoms with Gasteiger partial charge < -0.3 is 21.3 Å². The van der Waals surface area contributed by atoms with Gasteiger partial charge in [0.15, 0.2) is 0 Å². The van der Waals surface area contributed by atoms with Gasteiger partial charge in [-0.25, -0.2) is 4.79 Å². The number of amides is 3. The summed E-state index contributed by atoms with van der Waals surface area (Å²) in [5, 5.41) is 11.5. The Morgan fingerprint density at radius 1 is 1.21 bits per heavy atom. The monoisotopic (exact) mass is 352 g/mol. The van der Waals surface area contributed by atoms with Crippen LogP contribution in [0.25, 0.3) is 0 Å². The largest absolute Gasteiger partial charge is 0.350 e. The van der Waals surface area contributed by atoms with Crippen molar-refractivity contribution in [2.75, 3.05) is 25.0 Å². The molecule has 1 heterocycles. The maximum Gasteiger partial charge on any atom is 0.320 e. The van der Waals surface area contributed by atoms with E-state index in [1.165, 1.54) is 5.57 Å². The number of anilines is 1. The molecule has 0 spiro atoms. The lowest BCUT2D eigenvalue weighted by Crippen LogP contribution is -2.56. The molecule has 1 aromatic carbocycles. The third-order valence-corrected chi connectivity index (χ3v) is 3.66. The first kappa shape index (κ1) is 20.0. The molecule has 1 aliphatic heterocycles. The summed E-state index contributed by atoms with van der Waals surface area (Å²) in [6.45, 7) is 5.66. The fourth-order valence-corrected chi connectivity index (χ4v) is 2.27. The fraction of sp³-hybridized carbons (Fsp3) is 0.412. The summed E-state index contributed by atoms with van der Waals surface area (Å²) < 4.78 is 0. The Kier molecular flexibility index (Phi) is 7.74. The van der Waals surface area contributed by atoms with E-state index in [0.29, 0.717) is 12.2 Å². The SMILES string of the molecule is CC(C)(NC(=O)Nc1ccccc1)C(=O)NCC1=CCNCC1.Cl. The molecule has 1 aromatic rings. The van der Waals surface area contributed by atoms with Gasteiger partial charge in [-0.1, -0.05) is 29.8 Å². The van der Waals surface area contributed by atoms with E-state index in [0.717, 1.165) is 19.5 Å². The molecule has 0 bridgehead atoms. The van der Waals surface area contributed by atoms with Crippen molar-refractivity contribution in [3.63, 3.8) is 0 Å². The molecular formula is C17H25ClN4O2. The minimum atomic E-state index is -0.994. The molecule has 0 aromatic heterocycles. The van der Waals surface area contributed by atoms with Crippen molar-refractivity contribution in [3.8, 4) is 0 Å². The summed E-state index contributed by atoms with van der Waals surface area (Å²) in [5.41, 5.74) is 0.898. The molecule has 0 radical (unpaired) electrons. The number of urea groups is 1. The molecule has 7 heteroatoms. The maximum atomic E-state index is 12.3. The smallest absolute Gasteiger partial charge is 0.320 e. The molecule has 6 nitrogen and oxygen atoms in total. The van der Waals surface area contributed by atoms with Gasteiger partial charge in [0.05, 0.1) is 0 Å². The highest BCUT2D eigenvalue weighted by molar-refractivity contribution is 5.95. The van der Waals surface area contributed by atoms with Crippen molar-refractivity contribution < 1.29 is 9.59 Å². The van der Waals surface area contributed by atoms with E-state index in [-0.39, 0.29) is 18.3 Å². The summed E-state index contributed by atoms with van der Waals surface area (Å²) in [5.74, 6) is -0.208. The molecular weight excluding hydrogens is 328 g/mol. The lowest BCUT2D eigenvalue weighted by atomic mass is 10.0. The van der Waals surface area contributed by atoms with Crippen molar-refractivity contribution in [2.24, 2.45) is 0 Å². The first-order valence-corrected chi connectivity index (χ1v) is 7.78. The van der Waals surface area contributed by atoms with Crippen molar-refractivity contribution in [3.05, 3.63) is 42.0 Å². The Hall–Kier alpha value is -2.05. The zero-order chi connectivity index (χ0) is 16.7. The van der Waals surface area contributed by atoms with E-state index in [1.807, 2.05) is 18.2 Å². The summed E-state index contributed by atoms with van der Waals surface area (Å²) in [6, 6.07) is 8.71. The molecule has 0 atom stereocenters. The number of para-hydroxylation sites is 1. The Bertz CT molecular complexity index is 588.